The lowest BCUT2D eigenvalue weighted by atomic mass is 9.90. The van der Waals surface area contributed by atoms with E-state index in [-0.39, 0.29) is 5.91 Å². The number of hydrogen-bond donors (Lipinski definition) is 1. The minimum atomic E-state index is 0.275. The molecule has 0 radical (unpaired) electrons. The first-order chi connectivity index (χ1) is 10.1. The summed E-state index contributed by atoms with van der Waals surface area (Å²) in [6.45, 7) is 14.8. The molecule has 0 aromatic carbocycles. The van der Waals surface area contributed by atoms with Crippen molar-refractivity contribution in [2.75, 3.05) is 39.3 Å². The average molecular weight is 297 g/mol. The van der Waals surface area contributed by atoms with Gasteiger partial charge in [0, 0.05) is 32.1 Å². The topological polar surface area (TPSA) is 35.6 Å². The predicted octanol–water partition coefficient (Wildman–Crippen LogP) is 2.34. The van der Waals surface area contributed by atoms with E-state index in [9.17, 15) is 4.79 Å². The van der Waals surface area contributed by atoms with Gasteiger partial charge in [-0.1, -0.05) is 6.92 Å². The van der Waals surface area contributed by atoms with Crippen LogP contribution in [0.4, 0.5) is 0 Å². The van der Waals surface area contributed by atoms with Crippen molar-refractivity contribution in [3.8, 4) is 0 Å². The van der Waals surface area contributed by atoms with E-state index in [0.29, 0.717) is 12.5 Å². The van der Waals surface area contributed by atoms with E-state index in [4.69, 9.17) is 0 Å². The molecule has 21 heavy (non-hydrogen) atoms. The van der Waals surface area contributed by atoms with Crippen LogP contribution < -0.4 is 5.32 Å². The molecule has 0 saturated carbocycles. The summed E-state index contributed by atoms with van der Waals surface area (Å²) < 4.78 is 0. The van der Waals surface area contributed by atoms with Crippen LogP contribution in [0.2, 0.25) is 0 Å². The molecule has 0 aromatic rings. The average Bonchev–Trinajstić information content (AvgIpc) is 2.49. The second-order valence-corrected chi connectivity index (χ2v) is 6.24. The molecule has 0 aliphatic carbocycles. The number of nitrogens with one attached hydrogen (secondary N) is 1. The van der Waals surface area contributed by atoms with Crippen LogP contribution in [0.5, 0.6) is 0 Å². The van der Waals surface area contributed by atoms with Crippen LogP contribution in [0.1, 0.15) is 53.4 Å². The highest BCUT2D eigenvalue weighted by molar-refractivity contribution is 5.76. The lowest BCUT2D eigenvalue weighted by Crippen LogP contribution is -2.43. The predicted molar refractivity (Wildman–Crippen MR) is 89.5 cm³/mol. The van der Waals surface area contributed by atoms with Gasteiger partial charge in [-0.2, -0.15) is 0 Å². The summed E-state index contributed by atoms with van der Waals surface area (Å²) in [5.74, 6) is 1.04. The van der Waals surface area contributed by atoms with Gasteiger partial charge in [-0.25, -0.2) is 0 Å². The van der Waals surface area contributed by atoms with Gasteiger partial charge in [0.2, 0.25) is 5.91 Å². The van der Waals surface area contributed by atoms with Gasteiger partial charge in [0.05, 0.1) is 0 Å². The monoisotopic (exact) mass is 297 g/mol. The maximum Gasteiger partial charge on any atom is 0.223 e. The molecule has 1 aliphatic heterocycles. The quantitative estimate of drug-likeness (QED) is 0.709. The number of amides is 1. The van der Waals surface area contributed by atoms with Crippen LogP contribution >= 0.6 is 0 Å². The van der Waals surface area contributed by atoms with Crippen molar-refractivity contribution in [1.82, 2.24) is 15.1 Å². The molecule has 124 valence electrons. The molecule has 1 atom stereocenters. The third-order valence-corrected chi connectivity index (χ3v) is 4.80. The molecular formula is C17H35N3O. The molecule has 1 heterocycles. The van der Waals surface area contributed by atoms with Crippen LogP contribution in [-0.4, -0.2) is 61.0 Å². The van der Waals surface area contributed by atoms with Crippen LogP contribution in [0, 0.1) is 5.92 Å². The van der Waals surface area contributed by atoms with Gasteiger partial charge < -0.3 is 15.1 Å². The zero-order valence-corrected chi connectivity index (χ0v) is 14.5. The van der Waals surface area contributed by atoms with Crippen molar-refractivity contribution in [2.45, 2.75) is 59.4 Å². The Morgan fingerprint density at radius 3 is 2.38 bits per heavy atom. The summed E-state index contributed by atoms with van der Waals surface area (Å²) >= 11 is 0. The van der Waals surface area contributed by atoms with E-state index in [1.165, 1.54) is 38.9 Å². The number of carbonyl (C=O) groups excluding carboxylic acids is 1. The molecule has 0 aromatic heterocycles. The van der Waals surface area contributed by atoms with Crippen LogP contribution in [0.25, 0.3) is 0 Å². The van der Waals surface area contributed by atoms with Crippen molar-refractivity contribution in [1.29, 1.82) is 0 Å². The van der Waals surface area contributed by atoms with E-state index < -0.39 is 0 Å². The van der Waals surface area contributed by atoms with E-state index in [0.717, 1.165) is 25.6 Å². The first-order valence-electron chi connectivity index (χ1n) is 8.85. The summed E-state index contributed by atoms with van der Waals surface area (Å²) in [5.41, 5.74) is 0. The van der Waals surface area contributed by atoms with Gasteiger partial charge >= 0.3 is 0 Å². The number of hydrogen-bond acceptors (Lipinski definition) is 3. The highest BCUT2D eigenvalue weighted by Crippen LogP contribution is 2.20. The molecule has 0 bridgehead atoms. The van der Waals surface area contributed by atoms with Gasteiger partial charge in [-0.3, -0.25) is 4.79 Å². The smallest absolute Gasteiger partial charge is 0.223 e. The molecule has 1 saturated heterocycles. The fraction of sp³-hybridized carbons (Fsp3) is 0.941. The van der Waals surface area contributed by atoms with E-state index >= 15 is 0 Å². The van der Waals surface area contributed by atoms with Crippen molar-refractivity contribution in [3.63, 3.8) is 0 Å². The van der Waals surface area contributed by atoms with Crippen molar-refractivity contribution in [2.24, 2.45) is 5.92 Å². The molecule has 1 unspecified atom stereocenters. The highest BCUT2D eigenvalue weighted by atomic mass is 16.2. The van der Waals surface area contributed by atoms with Gasteiger partial charge in [-0.05, 0) is 65.6 Å². The van der Waals surface area contributed by atoms with Gasteiger partial charge in [0.15, 0.2) is 0 Å². The van der Waals surface area contributed by atoms with Crippen LogP contribution in [0.15, 0.2) is 0 Å². The summed E-state index contributed by atoms with van der Waals surface area (Å²) in [4.78, 5) is 16.4. The lowest BCUT2D eigenvalue weighted by molar-refractivity contribution is -0.130. The Morgan fingerprint density at radius 1 is 1.24 bits per heavy atom. The summed E-state index contributed by atoms with van der Waals surface area (Å²) in [5, 5.41) is 3.57. The SMILES string of the molecule is CCCN1CCC(C(C)NCCC(=O)N(CC)CC)CC1. The van der Waals surface area contributed by atoms with E-state index in [1.807, 2.05) is 18.7 Å². The maximum absolute atomic E-state index is 12.0. The Kier molecular flexibility index (Phi) is 8.93. The summed E-state index contributed by atoms with van der Waals surface area (Å²) in [7, 11) is 0. The lowest BCUT2D eigenvalue weighted by Gasteiger charge is -2.35. The van der Waals surface area contributed by atoms with Crippen molar-refractivity contribution in [3.05, 3.63) is 0 Å². The minimum Gasteiger partial charge on any atom is -0.343 e. The van der Waals surface area contributed by atoms with E-state index in [1.54, 1.807) is 0 Å². The van der Waals surface area contributed by atoms with Gasteiger partial charge in [-0.15, -0.1) is 0 Å². The number of likely N-dealkylation sites (tertiary alicyclic amines) is 1. The molecule has 4 heteroatoms. The summed E-state index contributed by atoms with van der Waals surface area (Å²) in [6.07, 6.45) is 4.46. The number of carbonyl (C=O) groups is 1. The molecule has 1 amide bonds. The Bertz CT molecular complexity index is 284. The fourth-order valence-electron chi connectivity index (χ4n) is 3.30. The molecule has 1 N–H and O–H groups in total. The number of piperidine rings is 1. The van der Waals surface area contributed by atoms with Crippen LogP contribution in [0.3, 0.4) is 0 Å². The Labute approximate surface area is 131 Å². The fourth-order valence-corrected chi connectivity index (χ4v) is 3.30. The van der Waals surface area contributed by atoms with Crippen molar-refractivity contribution >= 4 is 5.91 Å². The van der Waals surface area contributed by atoms with Gasteiger partial charge in [0.1, 0.15) is 0 Å². The highest BCUT2D eigenvalue weighted by Gasteiger charge is 2.23. The molecule has 1 aliphatic rings. The zero-order valence-electron chi connectivity index (χ0n) is 14.5. The summed E-state index contributed by atoms with van der Waals surface area (Å²) in [6, 6.07) is 0.526. The van der Waals surface area contributed by atoms with Crippen molar-refractivity contribution < 1.29 is 4.79 Å². The van der Waals surface area contributed by atoms with Crippen LogP contribution in [-0.2, 0) is 4.79 Å². The Hall–Kier alpha value is -0.610. The molecule has 1 rings (SSSR count). The molecule has 0 spiro atoms. The first-order valence-corrected chi connectivity index (χ1v) is 8.85. The number of rotatable bonds is 9. The standard InChI is InChI=1S/C17H35N3O/c1-5-12-19-13-9-16(10-14-19)15(4)18-11-8-17(21)20(6-2)7-3/h15-16,18H,5-14H2,1-4H3. The third kappa shape index (κ3) is 6.35. The Balaban J connectivity index is 2.19. The minimum absolute atomic E-state index is 0.275. The maximum atomic E-state index is 12.0. The molecule has 1 fully saturated rings. The van der Waals surface area contributed by atoms with E-state index in [2.05, 4.69) is 24.1 Å². The zero-order chi connectivity index (χ0) is 15.7. The normalized spacial score (nSPS) is 18.7. The largest absolute Gasteiger partial charge is 0.343 e. The third-order valence-electron chi connectivity index (χ3n) is 4.80. The second-order valence-electron chi connectivity index (χ2n) is 6.24. The molecular weight excluding hydrogens is 262 g/mol. The second kappa shape index (κ2) is 10.2. The first kappa shape index (κ1) is 18.4. The Morgan fingerprint density at radius 2 is 1.86 bits per heavy atom. The molecule has 4 nitrogen and oxygen atoms in total. The number of nitrogens with zero attached hydrogens (tertiary/aromatic N) is 2. The van der Waals surface area contributed by atoms with Gasteiger partial charge in [0.25, 0.3) is 0 Å².